The molecule has 0 bridgehead atoms. The monoisotopic (exact) mass is 840 g/mol. The van der Waals surface area contributed by atoms with E-state index < -0.39 is 16.2 Å². The zero-order valence-corrected chi connectivity index (χ0v) is 35.7. The zero-order chi connectivity index (χ0) is 41.3. The maximum Gasteiger partial charge on any atom is 0.340 e. The number of methoxy groups -OCH3 is 1. The normalized spacial score (nSPS) is 14.8. The minimum absolute atomic E-state index is 0.00974. The van der Waals surface area contributed by atoms with Crippen LogP contribution in [0.2, 0.25) is 0 Å². The van der Waals surface area contributed by atoms with Gasteiger partial charge in [0.25, 0.3) is 0 Å². The fourth-order valence-corrected chi connectivity index (χ4v) is 9.12. The average Bonchev–Trinajstić information content (AvgIpc) is 3.27. The fourth-order valence-electron chi connectivity index (χ4n) is 6.83. The van der Waals surface area contributed by atoms with Crippen LogP contribution in [0, 0.1) is 0 Å². The van der Waals surface area contributed by atoms with Crippen LogP contribution in [-0.2, 0) is 30.9 Å². The first kappa shape index (κ1) is 44.2. The SMILES string of the molecule is CCCCOc1ccc(Sc2ccc(-c3ccccc3C(O)c3cc(COCCCCCCOC4CCCCO4)ccc3OC)cc2S(=O)(=O)Oc2ccccc2)cc1. The first-order chi connectivity index (χ1) is 28.8. The van der Waals surface area contributed by atoms with Crippen molar-refractivity contribution < 1.29 is 41.4 Å². The largest absolute Gasteiger partial charge is 0.496 e. The molecule has 0 saturated carbocycles. The van der Waals surface area contributed by atoms with E-state index in [9.17, 15) is 13.5 Å². The molecule has 1 aliphatic rings. The highest BCUT2D eigenvalue weighted by Gasteiger charge is 2.25. The molecule has 0 radical (unpaired) electrons. The van der Waals surface area contributed by atoms with Crippen molar-refractivity contribution in [2.24, 2.45) is 0 Å². The van der Waals surface area contributed by atoms with Gasteiger partial charge >= 0.3 is 10.1 Å². The Morgan fingerprint density at radius 2 is 1.56 bits per heavy atom. The van der Waals surface area contributed by atoms with E-state index in [1.807, 2.05) is 72.8 Å². The van der Waals surface area contributed by atoms with Crippen molar-refractivity contribution in [3.63, 3.8) is 0 Å². The predicted octanol–water partition coefficient (Wildman–Crippen LogP) is 11.2. The van der Waals surface area contributed by atoms with Crippen molar-refractivity contribution in [1.29, 1.82) is 0 Å². The molecule has 0 spiro atoms. The number of rotatable bonds is 23. The highest BCUT2D eigenvalue weighted by Crippen LogP contribution is 2.41. The number of hydrogen-bond acceptors (Lipinski definition) is 10. The molecule has 2 atom stereocenters. The van der Waals surface area contributed by atoms with Gasteiger partial charge in [0.15, 0.2) is 6.29 Å². The van der Waals surface area contributed by atoms with Crippen LogP contribution in [0.1, 0.15) is 87.5 Å². The van der Waals surface area contributed by atoms with Gasteiger partial charge in [-0.1, -0.05) is 92.5 Å². The van der Waals surface area contributed by atoms with E-state index in [0.717, 1.165) is 80.8 Å². The maximum atomic E-state index is 14.1. The lowest BCUT2D eigenvalue weighted by Gasteiger charge is -2.22. The van der Waals surface area contributed by atoms with Crippen molar-refractivity contribution in [2.45, 2.75) is 98.4 Å². The number of aliphatic hydroxyl groups is 1. The van der Waals surface area contributed by atoms with Crippen molar-refractivity contribution in [2.75, 3.05) is 33.5 Å². The standard InChI is InChI=1S/C48H56O9S2/c1-3-4-30-54-38-23-25-40(26-24-38)58-45-28-22-37(34-46(45)59(50,51)57-39-16-8-7-9-17-39)41-18-10-11-19-42(41)48(49)43-33-36(21-27-44(43)52-2)35-53-29-13-5-6-14-31-55-47-20-12-15-32-56-47/h7-11,16-19,21-28,33-34,47-49H,3-6,12-15,20,29-32,35H2,1-2H3. The summed E-state index contributed by atoms with van der Waals surface area (Å²) in [5.74, 6) is 1.50. The summed E-state index contributed by atoms with van der Waals surface area (Å²) in [5.41, 5.74) is 3.35. The molecule has 11 heteroatoms. The highest BCUT2D eigenvalue weighted by atomic mass is 32.2. The van der Waals surface area contributed by atoms with Gasteiger partial charge in [0.1, 0.15) is 28.2 Å². The zero-order valence-electron chi connectivity index (χ0n) is 34.1. The number of aliphatic hydroxyl groups excluding tert-OH is 1. The Hall–Kier alpha value is -4.36. The summed E-state index contributed by atoms with van der Waals surface area (Å²) in [5, 5.41) is 12.0. The molecule has 1 heterocycles. The lowest BCUT2D eigenvalue weighted by atomic mass is 9.91. The van der Waals surface area contributed by atoms with Gasteiger partial charge in [-0.15, -0.1) is 0 Å². The van der Waals surface area contributed by atoms with E-state index in [1.54, 1.807) is 49.6 Å². The Bertz CT molecular complexity index is 2140. The Balaban J connectivity index is 1.17. The van der Waals surface area contributed by atoms with Gasteiger partial charge in [-0.2, -0.15) is 8.42 Å². The van der Waals surface area contributed by atoms with Crippen LogP contribution in [0.5, 0.6) is 17.2 Å². The second-order valence-electron chi connectivity index (χ2n) is 14.5. The molecule has 0 amide bonds. The minimum Gasteiger partial charge on any atom is -0.496 e. The van der Waals surface area contributed by atoms with Crippen LogP contribution in [0.3, 0.4) is 0 Å². The molecule has 2 unspecified atom stereocenters. The summed E-state index contributed by atoms with van der Waals surface area (Å²) in [6.07, 6.45) is 8.26. The Kier molecular flexibility index (Phi) is 17.1. The number of hydrogen-bond donors (Lipinski definition) is 1. The van der Waals surface area contributed by atoms with Gasteiger partial charge in [0.2, 0.25) is 0 Å². The molecule has 5 aromatic carbocycles. The van der Waals surface area contributed by atoms with Crippen molar-refractivity contribution in [3.8, 4) is 28.4 Å². The van der Waals surface area contributed by atoms with Crippen LogP contribution in [0.4, 0.5) is 0 Å². The average molecular weight is 841 g/mol. The van der Waals surface area contributed by atoms with Gasteiger partial charge in [-0.3, -0.25) is 0 Å². The molecule has 1 fully saturated rings. The second kappa shape index (κ2) is 22.9. The first-order valence-electron chi connectivity index (χ1n) is 20.6. The Labute approximate surface area is 354 Å². The van der Waals surface area contributed by atoms with Crippen LogP contribution in [-0.4, -0.2) is 53.4 Å². The fraction of sp³-hybridized carbons (Fsp3) is 0.375. The molecule has 9 nitrogen and oxygen atoms in total. The predicted molar refractivity (Wildman–Crippen MR) is 232 cm³/mol. The molecule has 0 aromatic heterocycles. The molecule has 1 aliphatic heterocycles. The molecule has 6 rings (SSSR count). The number of ether oxygens (including phenoxy) is 5. The second-order valence-corrected chi connectivity index (χ2v) is 17.1. The summed E-state index contributed by atoms with van der Waals surface area (Å²) in [6, 6.07) is 34.5. The van der Waals surface area contributed by atoms with Crippen LogP contribution in [0.15, 0.2) is 130 Å². The summed E-state index contributed by atoms with van der Waals surface area (Å²) < 4.78 is 62.9. The summed E-state index contributed by atoms with van der Waals surface area (Å²) in [7, 11) is -2.72. The van der Waals surface area contributed by atoms with Gasteiger partial charge in [-0.25, -0.2) is 0 Å². The molecule has 5 aromatic rings. The Morgan fingerprint density at radius 1 is 0.780 bits per heavy atom. The highest BCUT2D eigenvalue weighted by molar-refractivity contribution is 8.00. The van der Waals surface area contributed by atoms with E-state index in [0.29, 0.717) is 52.7 Å². The van der Waals surface area contributed by atoms with Crippen molar-refractivity contribution in [1.82, 2.24) is 0 Å². The van der Waals surface area contributed by atoms with Crippen molar-refractivity contribution in [3.05, 3.63) is 132 Å². The maximum absolute atomic E-state index is 14.1. The number of unbranched alkanes of at least 4 members (excludes halogenated alkanes) is 4. The van der Waals surface area contributed by atoms with Crippen LogP contribution < -0.4 is 13.7 Å². The molecule has 59 heavy (non-hydrogen) atoms. The molecule has 0 aliphatic carbocycles. The van der Waals surface area contributed by atoms with Gasteiger partial charge in [0, 0.05) is 35.2 Å². The molecule has 314 valence electrons. The van der Waals surface area contributed by atoms with E-state index in [1.165, 1.54) is 18.2 Å². The summed E-state index contributed by atoms with van der Waals surface area (Å²) in [6.45, 7) is 5.30. The van der Waals surface area contributed by atoms with E-state index in [4.69, 9.17) is 27.9 Å². The topological polar surface area (TPSA) is 110 Å². The van der Waals surface area contributed by atoms with Gasteiger partial charge in [-0.05, 0) is 121 Å². The van der Waals surface area contributed by atoms with Crippen LogP contribution >= 0.6 is 11.8 Å². The quantitative estimate of drug-likeness (QED) is 0.0504. The number of benzene rings is 5. The summed E-state index contributed by atoms with van der Waals surface area (Å²) >= 11 is 1.32. The summed E-state index contributed by atoms with van der Waals surface area (Å²) in [4.78, 5) is 1.35. The lowest BCUT2D eigenvalue weighted by Crippen LogP contribution is -2.22. The minimum atomic E-state index is -4.30. The molecule has 1 N–H and O–H groups in total. The van der Waals surface area contributed by atoms with Crippen LogP contribution in [0.25, 0.3) is 11.1 Å². The lowest BCUT2D eigenvalue weighted by molar-refractivity contribution is -0.162. The van der Waals surface area contributed by atoms with E-state index in [2.05, 4.69) is 6.92 Å². The first-order valence-corrected chi connectivity index (χ1v) is 22.9. The molecule has 1 saturated heterocycles. The third-order valence-corrected chi connectivity index (χ3v) is 12.5. The molecular formula is C48H56O9S2. The molecular weight excluding hydrogens is 785 g/mol. The van der Waals surface area contributed by atoms with Gasteiger partial charge in [0.05, 0.1) is 20.3 Å². The van der Waals surface area contributed by atoms with E-state index in [-0.39, 0.29) is 16.9 Å². The van der Waals surface area contributed by atoms with Crippen molar-refractivity contribution >= 4 is 21.9 Å². The van der Waals surface area contributed by atoms with Gasteiger partial charge < -0.3 is 33.0 Å². The third-order valence-electron chi connectivity index (χ3n) is 10.0. The third kappa shape index (κ3) is 13.1. The smallest absolute Gasteiger partial charge is 0.340 e. The van der Waals surface area contributed by atoms with E-state index >= 15 is 0 Å². The Morgan fingerprint density at radius 3 is 2.32 bits per heavy atom. The number of para-hydroxylation sites is 1.